The van der Waals surface area contributed by atoms with Crippen molar-refractivity contribution in [1.29, 1.82) is 0 Å². The Kier molecular flexibility index (Phi) is 3.76. The zero-order valence-corrected chi connectivity index (χ0v) is 12.4. The molecule has 0 radical (unpaired) electrons. The van der Waals surface area contributed by atoms with E-state index < -0.39 is 5.97 Å². The molecule has 0 unspecified atom stereocenters. The van der Waals surface area contributed by atoms with Gasteiger partial charge < -0.3 is 10.4 Å². The van der Waals surface area contributed by atoms with E-state index in [1.54, 1.807) is 47.0 Å². The summed E-state index contributed by atoms with van der Waals surface area (Å²) in [7, 11) is 0. The minimum atomic E-state index is -0.893. The molecule has 0 saturated heterocycles. The number of nitrogens with one attached hydrogen (secondary N) is 1. The molecule has 0 atom stereocenters. The highest BCUT2D eigenvalue weighted by molar-refractivity contribution is 6.08. The van der Waals surface area contributed by atoms with E-state index in [2.05, 4.69) is 15.5 Å². The molecule has 7 heteroatoms. The number of nitrogens with zero attached hydrogens (tertiary/aromatic N) is 3. The maximum Gasteiger partial charge on any atom is 0.307 e. The molecule has 23 heavy (non-hydrogen) atoms. The first-order valence-corrected chi connectivity index (χ1v) is 6.97. The summed E-state index contributed by atoms with van der Waals surface area (Å²) in [6.45, 7) is 1.81. The minimum Gasteiger partial charge on any atom is -0.481 e. The monoisotopic (exact) mass is 310 g/mol. The van der Waals surface area contributed by atoms with Crippen molar-refractivity contribution in [1.82, 2.24) is 14.6 Å². The van der Waals surface area contributed by atoms with Gasteiger partial charge in [-0.15, -0.1) is 10.2 Å². The molecule has 0 spiro atoms. The quantitative estimate of drug-likeness (QED) is 0.767. The van der Waals surface area contributed by atoms with Gasteiger partial charge in [0.1, 0.15) is 5.82 Å². The zero-order valence-electron chi connectivity index (χ0n) is 12.4. The number of carbonyl (C=O) groups is 2. The molecule has 0 fully saturated rings. The predicted octanol–water partition coefficient (Wildman–Crippen LogP) is 1.92. The Morgan fingerprint density at radius 1 is 1.17 bits per heavy atom. The fraction of sp³-hybridized carbons (Fsp3) is 0.125. The van der Waals surface area contributed by atoms with Crippen molar-refractivity contribution < 1.29 is 14.7 Å². The van der Waals surface area contributed by atoms with Crippen LogP contribution in [0.15, 0.2) is 42.6 Å². The first-order chi connectivity index (χ1) is 11.0. The predicted molar refractivity (Wildman–Crippen MR) is 83.5 cm³/mol. The first kappa shape index (κ1) is 14.7. The summed E-state index contributed by atoms with van der Waals surface area (Å²) in [6.07, 6.45) is 1.74. The number of aliphatic carboxylic acids is 1. The number of carbonyl (C=O) groups excluding carboxylic acids is 1. The molecule has 0 bridgehead atoms. The second-order valence-corrected chi connectivity index (χ2v) is 5.08. The average Bonchev–Trinajstić information content (AvgIpc) is 2.90. The van der Waals surface area contributed by atoms with E-state index in [9.17, 15) is 9.59 Å². The Morgan fingerprint density at radius 2 is 1.91 bits per heavy atom. The second kappa shape index (κ2) is 5.88. The van der Waals surface area contributed by atoms with Gasteiger partial charge >= 0.3 is 5.97 Å². The summed E-state index contributed by atoms with van der Waals surface area (Å²) < 4.78 is 1.74. The highest BCUT2D eigenvalue weighted by Crippen LogP contribution is 2.15. The standard InChI is InChI=1S/C16H14N4O3/c1-10-18-19-15-13(3-2-8-20(10)15)16(23)17-12-6-4-11(5-7-12)9-14(21)22/h2-8H,9H2,1H3,(H,17,23)(H,21,22). The fourth-order valence-corrected chi connectivity index (χ4v) is 2.29. The van der Waals surface area contributed by atoms with E-state index >= 15 is 0 Å². The smallest absolute Gasteiger partial charge is 0.307 e. The lowest BCUT2D eigenvalue weighted by molar-refractivity contribution is -0.136. The number of carboxylic acid groups (broad SMARTS) is 1. The SMILES string of the molecule is Cc1nnc2c(C(=O)Nc3ccc(CC(=O)O)cc3)cccn12. The second-order valence-electron chi connectivity index (χ2n) is 5.08. The highest BCUT2D eigenvalue weighted by atomic mass is 16.4. The molecular formula is C16H14N4O3. The molecule has 0 aliphatic carbocycles. The largest absolute Gasteiger partial charge is 0.481 e. The molecule has 3 aromatic rings. The summed E-state index contributed by atoms with van der Waals surface area (Å²) in [6, 6.07) is 10.1. The lowest BCUT2D eigenvalue weighted by atomic mass is 10.1. The van der Waals surface area contributed by atoms with Gasteiger partial charge in [-0.3, -0.25) is 14.0 Å². The Bertz CT molecular complexity index is 884. The summed E-state index contributed by atoms with van der Waals surface area (Å²) in [4.78, 5) is 23.1. The van der Waals surface area contributed by atoms with Crippen molar-refractivity contribution >= 4 is 23.2 Å². The van der Waals surface area contributed by atoms with Crippen LogP contribution in [0, 0.1) is 6.92 Å². The van der Waals surface area contributed by atoms with Gasteiger partial charge in [0, 0.05) is 11.9 Å². The lowest BCUT2D eigenvalue weighted by Crippen LogP contribution is -2.13. The van der Waals surface area contributed by atoms with Crippen LogP contribution in [0.5, 0.6) is 0 Å². The van der Waals surface area contributed by atoms with Crippen LogP contribution in [-0.4, -0.2) is 31.6 Å². The van der Waals surface area contributed by atoms with Gasteiger partial charge in [0.05, 0.1) is 12.0 Å². The number of aromatic nitrogens is 3. The number of rotatable bonds is 4. The van der Waals surface area contributed by atoms with Crippen molar-refractivity contribution in [2.75, 3.05) is 5.32 Å². The van der Waals surface area contributed by atoms with E-state index in [1.807, 2.05) is 6.92 Å². The molecule has 1 aromatic carbocycles. The molecule has 2 N–H and O–H groups in total. The maximum absolute atomic E-state index is 12.4. The third kappa shape index (κ3) is 3.03. The van der Waals surface area contributed by atoms with Crippen LogP contribution in [0.2, 0.25) is 0 Å². The lowest BCUT2D eigenvalue weighted by Gasteiger charge is -2.07. The molecule has 7 nitrogen and oxygen atoms in total. The molecule has 116 valence electrons. The molecule has 0 saturated carbocycles. The fourth-order valence-electron chi connectivity index (χ4n) is 2.29. The van der Waals surface area contributed by atoms with Crippen molar-refractivity contribution in [3.05, 3.63) is 59.5 Å². The van der Waals surface area contributed by atoms with Gasteiger partial charge in [-0.05, 0) is 36.8 Å². The minimum absolute atomic E-state index is 0.0491. The van der Waals surface area contributed by atoms with Crippen LogP contribution in [0.25, 0.3) is 5.65 Å². The summed E-state index contributed by atoms with van der Waals surface area (Å²) in [5.41, 5.74) is 2.17. The van der Waals surface area contributed by atoms with Gasteiger partial charge in [0.15, 0.2) is 5.65 Å². The van der Waals surface area contributed by atoms with Gasteiger partial charge in [-0.25, -0.2) is 0 Å². The summed E-state index contributed by atoms with van der Waals surface area (Å²) >= 11 is 0. The summed E-state index contributed by atoms with van der Waals surface area (Å²) in [5, 5.41) is 19.5. The number of aryl methyl sites for hydroxylation is 1. The molecule has 0 aliphatic rings. The van der Waals surface area contributed by atoms with Crippen molar-refractivity contribution in [2.24, 2.45) is 0 Å². The van der Waals surface area contributed by atoms with Crippen LogP contribution in [0.4, 0.5) is 5.69 Å². The number of pyridine rings is 1. The number of benzene rings is 1. The highest BCUT2D eigenvalue weighted by Gasteiger charge is 2.13. The van der Waals surface area contributed by atoms with E-state index in [0.29, 0.717) is 28.3 Å². The Hall–Kier alpha value is -3.22. The number of hydrogen-bond donors (Lipinski definition) is 2. The summed E-state index contributed by atoms with van der Waals surface area (Å²) in [5.74, 6) is -0.489. The van der Waals surface area contributed by atoms with Crippen molar-refractivity contribution in [3.63, 3.8) is 0 Å². The van der Waals surface area contributed by atoms with Crippen LogP contribution < -0.4 is 5.32 Å². The molecule has 3 rings (SSSR count). The van der Waals surface area contributed by atoms with Gasteiger partial charge in [0.25, 0.3) is 5.91 Å². The van der Waals surface area contributed by atoms with Crippen LogP contribution in [0.1, 0.15) is 21.7 Å². The van der Waals surface area contributed by atoms with Gasteiger partial charge in [-0.1, -0.05) is 12.1 Å². The van der Waals surface area contributed by atoms with E-state index in [1.165, 1.54) is 0 Å². The number of carboxylic acids is 1. The number of anilines is 1. The Labute approximate surface area is 131 Å². The average molecular weight is 310 g/mol. The number of fused-ring (bicyclic) bond motifs is 1. The molecule has 2 heterocycles. The van der Waals surface area contributed by atoms with E-state index in [-0.39, 0.29) is 12.3 Å². The third-order valence-corrected chi connectivity index (χ3v) is 3.42. The molecule has 2 aromatic heterocycles. The molecular weight excluding hydrogens is 296 g/mol. The van der Waals surface area contributed by atoms with Crippen LogP contribution in [-0.2, 0) is 11.2 Å². The van der Waals surface area contributed by atoms with Crippen LogP contribution >= 0.6 is 0 Å². The van der Waals surface area contributed by atoms with Gasteiger partial charge in [-0.2, -0.15) is 0 Å². The zero-order chi connectivity index (χ0) is 16.4. The van der Waals surface area contributed by atoms with Crippen LogP contribution in [0.3, 0.4) is 0 Å². The molecule has 1 amide bonds. The maximum atomic E-state index is 12.4. The van der Waals surface area contributed by atoms with E-state index in [4.69, 9.17) is 5.11 Å². The van der Waals surface area contributed by atoms with E-state index in [0.717, 1.165) is 0 Å². The number of amides is 1. The topological polar surface area (TPSA) is 96.6 Å². The third-order valence-electron chi connectivity index (χ3n) is 3.42. The van der Waals surface area contributed by atoms with Crippen molar-refractivity contribution in [2.45, 2.75) is 13.3 Å². The number of hydrogen-bond acceptors (Lipinski definition) is 4. The molecule has 0 aliphatic heterocycles. The normalized spacial score (nSPS) is 10.7. The Morgan fingerprint density at radius 3 is 2.61 bits per heavy atom. The first-order valence-electron chi connectivity index (χ1n) is 6.97. The Balaban J connectivity index is 1.82. The van der Waals surface area contributed by atoms with Crippen molar-refractivity contribution in [3.8, 4) is 0 Å². The van der Waals surface area contributed by atoms with Gasteiger partial charge in [0.2, 0.25) is 0 Å².